The number of carbonyl (C=O) groups is 2. The second-order valence-electron chi connectivity index (χ2n) is 7.52. The van der Waals surface area contributed by atoms with Crippen molar-refractivity contribution in [1.29, 1.82) is 0 Å². The number of ether oxygens (including phenoxy) is 1. The Morgan fingerprint density at radius 1 is 1.24 bits per heavy atom. The van der Waals surface area contributed by atoms with E-state index in [2.05, 4.69) is 20.0 Å². The van der Waals surface area contributed by atoms with Gasteiger partial charge in [0.05, 0.1) is 22.7 Å². The summed E-state index contributed by atoms with van der Waals surface area (Å²) in [6.07, 6.45) is -5.30. The number of aromatic nitrogens is 2. The van der Waals surface area contributed by atoms with Gasteiger partial charge in [0.1, 0.15) is 22.5 Å². The van der Waals surface area contributed by atoms with Crippen molar-refractivity contribution in [3.05, 3.63) is 45.9 Å². The second-order valence-corrected chi connectivity index (χ2v) is 9.65. The normalized spacial score (nSPS) is 16.9. The summed E-state index contributed by atoms with van der Waals surface area (Å²) in [6.45, 7) is 1.66. The van der Waals surface area contributed by atoms with Crippen LogP contribution in [0.3, 0.4) is 0 Å². The number of nitrogens with one attached hydrogen (secondary N) is 1. The van der Waals surface area contributed by atoms with Crippen molar-refractivity contribution < 1.29 is 36.3 Å². The number of rotatable bonds is 8. The molecule has 0 radical (unpaired) electrons. The minimum absolute atomic E-state index is 0.0359. The maximum Gasteiger partial charge on any atom is 0.573 e. The number of thiophene rings is 1. The standard InChI is InChI=1S/C21H16F5N3O3S2/c1-10-28-15-4-2-11(32-21(24,25)26)6-13(15)19(29-10)33-9-16(30)17-5-3-12(34-17)8-27-18(31)14-7-20(14,22)23/h2-6,14H,7-9H2,1H3,(H,27,31). The highest BCUT2D eigenvalue weighted by molar-refractivity contribution is 8.00. The Kier molecular flexibility index (Phi) is 6.51. The lowest BCUT2D eigenvalue weighted by Gasteiger charge is -2.11. The van der Waals surface area contributed by atoms with E-state index in [-0.39, 0.29) is 18.1 Å². The molecule has 1 aliphatic rings. The van der Waals surface area contributed by atoms with Crippen molar-refractivity contribution >= 4 is 45.7 Å². The molecule has 1 amide bonds. The Morgan fingerprint density at radius 2 is 1.97 bits per heavy atom. The summed E-state index contributed by atoms with van der Waals surface area (Å²) in [5.74, 6) is -5.29. The van der Waals surface area contributed by atoms with Crippen LogP contribution in [0.2, 0.25) is 0 Å². The Balaban J connectivity index is 1.41. The summed E-state index contributed by atoms with van der Waals surface area (Å²) < 4.78 is 67.6. The Morgan fingerprint density at radius 3 is 2.65 bits per heavy atom. The van der Waals surface area contributed by atoms with Crippen molar-refractivity contribution in [3.8, 4) is 5.75 Å². The number of amides is 1. The molecule has 1 aliphatic carbocycles. The van der Waals surface area contributed by atoms with Gasteiger partial charge < -0.3 is 10.1 Å². The fourth-order valence-corrected chi connectivity index (χ4v) is 5.04. The molecule has 1 fully saturated rings. The van der Waals surface area contributed by atoms with Gasteiger partial charge in [-0.1, -0.05) is 11.8 Å². The minimum Gasteiger partial charge on any atom is -0.406 e. The molecule has 1 aromatic carbocycles. The number of hydrogen-bond donors (Lipinski definition) is 1. The number of alkyl halides is 5. The molecule has 34 heavy (non-hydrogen) atoms. The molecule has 0 bridgehead atoms. The zero-order valence-electron chi connectivity index (χ0n) is 17.4. The molecule has 6 nitrogen and oxygen atoms in total. The third kappa shape index (κ3) is 5.81. The van der Waals surface area contributed by atoms with E-state index < -0.39 is 36.3 Å². The lowest BCUT2D eigenvalue weighted by molar-refractivity contribution is -0.274. The van der Waals surface area contributed by atoms with E-state index in [1.165, 1.54) is 12.1 Å². The average Bonchev–Trinajstić information content (AvgIpc) is 3.16. The van der Waals surface area contributed by atoms with E-state index in [1.807, 2.05) is 0 Å². The van der Waals surface area contributed by atoms with Crippen LogP contribution in [0, 0.1) is 12.8 Å². The van der Waals surface area contributed by atoms with Crippen LogP contribution in [0.25, 0.3) is 10.9 Å². The van der Waals surface area contributed by atoms with E-state index >= 15 is 0 Å². The van der Waals surface area contributed by atoms with Crippen molar-refractivity contribution in [3.63, 3.8) is 0 Å². The molecule has 3 aromatic rings. The van der Waals surface area contributed by atoms with Crippen LogP contribution in [0.1, 0.15) is 26.8 Å². The number of Topliss-reactive ketones (excluding diaryl/α,β-unsaturated/α-hetero) is 1. The maximum atomic E-state index is 13.0. The fraction of sp³-hybridized carbons (Fsp3) is 0.333. The van der Waals surface area contributed by atoms with Gasteiger partial charge in [-0.25, -0.2) is 18.7 Å². The number of hydrogen-bond acceptors (Lipinski definition) is 7. The molecule has 0 saturated heterocycles. The number of halogens is 5. The van der Waals surface area contributed by atoms with Gasteiger partial charge in [-0.2, -0.15) is 0 Å². The molecule has 1 N–H and O–H groups in total. The third-order valence-electron chi connectivity index (χ3n) is 4.83. The first-order valence-corrected chi connectivity index (χ1v) is 11.7. The highest BCUT2D eigenvalue weighted by Crippen LogP contribution is 2.48. The molecule has 0 aliphatic heterocycles. The van der Waals surface area contributed by atoms with Crippen molar-refractivity contribution in [2.45, 2.75) is 37.2 Å². The van der Waals surface area contributed by atoms with Crippen LogP contribution >= 0.6 is 23.1 Å². The first-order chi connectivity index (χ1) is 15.9. The van der Waals surface area contributed by atoms with Gasteiger partial charge in [-0.3, -0.25) is 9.59 Å². The largest absolute Gasteiger partial charge is 0.573 e. The molecule has 0 spiro atoms. The van der Waals surface area contributed by atoms with Gasteiger partial charge >= 0.3 is 6.36 Å². The molecule has 1 saturated carbocycles. The first-order valence-electron chi connectivity index (χ1n) is 9.86. The van der Waals surface area contributed by atoms with Gasteiger partial charge in [-0.15, -0.1) is 24.5 Å². The summed E-state index contributed by atoms with van der Waals surface area (Å²) in [5, 5.41) is 3.09. The van der Waals surface area contributed by atoms with Crippen molar-refractivity contribution in [2.75, 3.05) is 5.75 Å². The predicted octanol–water partition coefficient (Wildman–Crippen LogP) is 5.14. The highest BCUT2D eigenvalue weighted by Gasteiger charge is 2.61. The topological polar surface area (TPSA) is 81.2 Å². The molecule has 1 atom stereocenters. The second kappa shape index (κ2) is 9.10. The van der Waals surface area contributed by atoms with Crippen LogP contribution in [-0.2, 0) is 11.3 Å². The zero-order valence-corrected chi connectivity index (χ0v) is 19.0. The van der Waals surface area contributed by atoms with Gasteiger partial charge in [-0.05, 0) is 37.3 Å². The molecule has 2 aromatic heterocycles. The summed E-state index contributed by atoms with van der Waals surface area (Å²) in [5.41, 5.74) is 0.410. The molecule has 4 rings (SSSR count). The van der Waals surface area contributed by atoms with E-state index in [1.54, 1.807) is 19.1 Å². The summed E-state index contributed by atoms with van der Waals surface area (Å²) in [4.78, 5) is 33.8. The van der Waals surface area contributed by atoms with Crippen LogP contribution in [0.5, 0.6) is 5.75 Å². The van der Waals surface area contributed by atoms with Gasteiger partial charge in [0.25, 0.3) is 5.92 Å². The Labute approximate surface area is 197 Å². The van der Waals surface area contributed by atoms with E-state index in [0.717, 1.165) is 29.2 Å². The first kappa shape index (κ1) is 24.3. The molecule has 2 heterocycles. The van der Waals surface area contributed by atoms with Crippen LogP contribution in [-0.4, -0.2) is 39.7 Å². The zero-order chi connectivity index (χ0) is 24.7. The van der Waals surface area contributed by atoms with Crippen molar-refractivity contribution in [1.82, 2.24) is 15.3 Å². The number of thioether (sulfide) groups is 1. The summed E-state index contributed by atoms with van der Waals surface area (Å²) in [7, 11) is 0. The minimum atomic E-state index is -4.85. The Hall–Kier alpha value is -2.80. The monoisotopic (exact) mass is 517 g/mol. The van der Waals surface area contributed by atoms with Gasteiger partial charge in [0.2, 0.25) is 5.91 Å². The number of ketones is 1. The van der Waals surface area contributed by atoms with Crippen LogP contribution < -0.4 is 10.1 Å². The van der Waals surface area contributed by atoms with E-state index in [0.29, 0.717) is 31.5 Å². The number of carbonyl (C=O) groups excluding carboxylic acids is 2. The van der Waals surface area contributed by atoms with Gasteiger partial charge in [0.15, 0.2) is 5.78 Å². The highest BCUT2D eigenvalue weighted by atomic mass is 32.2. The van der Waals surface area contributed by atoms with Crippen LogP contribution in [0.15, 0.2) is 35.4 Å². The maximum absolute atomic E-state index is 13.0. The number of fused-ring (bicyclic) bond motifs is 1. The quantitative estimate of drug-likeness (QED) is 0.193. The van der Waals surface area contributed by atoms with Crippen LogP contribution in [0.4, 0.5) is 22.0 Å². The lowest BCUT2D eigenvalue weighted by atomic mass is 10.2. The van der Waals surface area contributed by atoms with Crippen molar-refractivity contribution in [2.24, 2.45) is 5.92 Å². The molecular formula is C21H16F5N3O3S2. The molecule has 13 heteroatoms. The SMILES string of the molecule is Cc1nc(SCC(=O)c2ccc(CNC(=O)C3CC3(F)F)s2)c2cc(OC(F)(F)F)ccc2n1. The summed E-state index contributed by atoms with van der Waals surface area (Å²) in [6, 6.07) is 6.90. The van der Waals surface area contributed by atoms with E-state index in [9.17, 15) is 31.5 Å². The Bertz CT molecular complexity index is 1260. The van der Waals surface area contributed by atoms with E-state index in [4.69, 9.17) is 0 Å². The molecule has 1 unspecified atom stereocenters. The van der Waals surface area contributed by atoms with Gasteiger partial charge in [0, 0.05) is 16.7 Å². The molecule has 180 valence electrons. The summed E-state index contributed by atoms with van der Waals surface area (Å²) >= 11 is 2.17. The number of nitrogens with zero attached hydrogens (tertiary/aromatic N) is 2. The predicted molar refractivity (Wildman–Crippen MR) is 115 cm³/mol. The third-order valence-corrected chi connectivity index (χ3v) is 6.95. The smallest absolute Gasteiger partial charge is 0.406 e. The fourth-order valence-electron chi connectivity index (χ4n) is 3.12. The average molecular weight is 518 g/mol. The number of benzene rings is 1. The lowest BCUT2D eigenvalue weighted by Crippen LogP contribution is -2.26. The molecular weight excluding hydrogens is 501 g/mol. The number of aryl methyl sites for hydroxylation is 1.